The third-order valence-corrected chi connectivity index (χ3v) is 5.57. The first-order valence-corrected chi connectivity index (χ1v) is 10.2. The van der Waals surface area contributed by atoms with Crippen molar-refractivity contribution in [2.24, 2.45) is 4.40 Å². The van der Waals surface area contributed by atoms with Gasteiger partial charge in [-0.1, -0.05) is 54.6 Å². The van der Waals surface area contributed by atoms with Crippen LogP contribution in [-0.2, 0) is 10.3 Å². The zero-order valence-corrected chi connectivity index (χ0v) is 16.1. The summed E-state index contributed by atoms with van der Waals surface area (Å²) < 4.78 is 38.5. The number of benzene rings is 3. The van der Waals surface area contributed by atoms with Gasteiger partial charge in [-0.05, 0) is 35.4 Å². The first-order valence-electron chi connectivity index (χ1n) is 8.87. The average Bonchev–Trinajstić information content (AvgIpc) is 2.72. The monoisotopic (exact) mass is 393 g/mol. The molecule has 0 radical (unpaired) electrons. The summed E-state index contributed by atoms with van der Waals surface area (Å²) in [6, 6.07) is 24.9. The second kappa shape index (κ2) is 7.48. The molecule has 142 valence electrons. The number of hydrogen-bond donors (Lipinski definition) is 0. The predicted octanol–water partition coefficient (Wildman–Crippen LogP) is 4.34. The van der Waals surface area contributed by atoms with E-state index in [1.165, 1.54) is 0 Å². The second-order valence-corrected chi connectivity index (χ2v) is 7.69. The Balaban J connectivity index is 1.78. The van der Waals surface area contributed by atoms with E-state index >= 15 is 0 Å². The van der Waals surface area contributed by atoms with Crippen molar-refractivity contribution in [3.63, 3.8) is 0 Å². The van der Waals surface area contributed by atoms with Crippen molar-refractivity contribution in [2.75, 3.05) is 7.11 Å². The molecule has 0 aliphatic carbocycles. The molecule has 0 amide bonds. The van der Waals surface area contributed by atoms with E-state index in [0.29, 0.717) is 23.4 Å². The Kier molecular flexibility index (Phi) is 4.88. The van der Waals surface area contributed by atoms with Gasteiger partial charge in [-0.25, -0.2) is 0 Å². The summed E-state index contributed by atoms with van der Waals surface area (Å²) in [6.07, 6.45) is 0.427. The quantitative estimate of drug-likeness (QED) is 0.647. The molecule has 0 aromatic heterocycles. The van der Waals surface area contributed by atoms with E-state index in [0.717, 1.165) is 16.9 Å². The molecule has 28 heavy (non-hydrogen) atoms. The first kappa shape index (κ1) is 18.3. The number of ether oxygens (including phenoxy) is 1. The van der Waals surface area contributed by atoms with E-state index in [-0.39, 0.29) is 5.92 Å². The van der Waals surface area contributed by atoms with Crippen molar-refractivity contribution in [2.45, 2.75) is 12.3 Å². The maximum Gasteiger partial charge on any atom is 0.428 e. The summed E-state index contributed by atoms with van der Waals surface area (Å²) in [5.74, 6) is 1.02. The molecular weight excluding hydrogens is 374 g/mol. The third-order valence-electron chi connectivity index (χ3n) is 4.73. The molecule has 0 saturated carbocycles. The Morgan fingerprint density at radius 2 is 1.54 bits per heavy atom. The number of rotatable bonds is 5. The van der Waals surface area contributed by atoms with Crippen LogP contribution in [0.2, 0.25) is 0 Å². The van der Waals surface area contributed by atoms with Crippen LogP contribution in [0.25, 0.3) is 0 Å². The van der Waals surface area contributed by atoms with E-state index < -0.39 is 10.3 Å². The van der Waals surface area contributed by atoms with Gasteiger partial charge in [-0.3, -0.25) is 0 Å². The van der Waals surface area contributed by atoms with Crippen LogP contribution in [0.5, 0.6) is 11.5 Å². The molecule has 1 heterocycles. The lowest BCUT2D eigenvalue weighted by Crippen LogP contribution is -2.20. The molecule has 0 unspecified atom stereocenters. The van der Waals surface area contributed by atoms with Crippen LogP contribution in [0, 0.1) is 0 Å². The summed E-state index contributed by atoms with van der Waals surface area (Å²) in [7, 11) is -2.37. The van der Waals surface area contributed by atoms with Gasteiger partial charge in [0, 0.05) is 17.9 Å². The van der Waals surface area contributed by atoms with Crippen LogP contribution in [0.3, 0.4) is 0 Å². The molecule has 1 aliphatic rings. The molecule has 0 fully saturated rings. The highest BCUT2D eigenvalue weighted by molar-refractivity contribution is 7.86. The largest absolute Gasteiger partial charge is 0.497 e. The summed E-state index contributed by atoms with van der Waals surface area (Å²) in [6.45, 7) is 0. The van der Waals surface area contributed by atoms with Crippen LogP contribution in [0.1, 0.15) is 29.0 Å². The molecule has 0 N–H and O–H groups in total. The van der Waals surface area contributed by atoms with Crippen molar-refractivity contribution in [3.05, 3.63) is 95.6 Å². The van der Waals surface area contributed by atoms with E-state index in [4.69, 9.17) is 8.92 Å². The Bertz CT molecular complexity index is 1110. The number of hydrogen-bond acceptors (Lipinski definition) is 4. The third kappa shape index (κ3) is 3.77. The summed E-state index contributed by atoms with van der Waals surface area (Å²) >= 11 is 0. The Hall–Kier alpha value is -3.12. The van der Waals surface area contributed by atoms with Gasteiger partial charge in [0.25, 0.3) is 0 Å². The van der Waals surface area contributed by atoms with Crippen LogP contribution >= 0.6 is 0 Å². The standard InChI is InChI=1S/C22H19NO4S/c1-26-18-13-11-17(12-14-18)20(16-7-3-2-4-8-16)15-21-19-9-5-6-10-22(19)27-28(24,25)23-21/h2-14,20H,15H2,1H3/t20-/m1/s1. The normalized spacial score (nSPS) is 15.7. The molecule has 5 nitrogen and oxygen atoms in total. The average molecular weight is 393 g/mol. The summed E-state index contributed by atoms with van der Waals surface area (Å²) in [4.78, 5) is 0. The summed E-state index contributed by atoms with van der Waals surface area (Å²) in [5, 5.41) is 0. The minimum Gasteiger partial charge on any atom is -0.497 e. The van der Waals surface area contributed by atoms with E-state index in [2.05, 4.69) is 4.40 Å². The first-order chi connectivity index (χ1) is 13.6. The fraction of sp³-hybridized carbons (Fsp3) is 0.136. The number of para-hydroxylation sites is 1. The maximum atomic E-state index is 12.1. The molecule has 0 saturated heterocycles. The predicted molar refractivity (Wildman–Crippen MR) is 108 cm³/mol. The van der Waals surface area contributed by atoms with Gasteiger partial charge >= 0.3 is 10.3 Å². The number of methoxy groups -OCH3 is 1. The molecule has 0 bridgehead atoms. The van der Waals surface area contributed by atoms with Gasteiger partial charge in [-0.15, -0.1) is 4.40 Å². The van der Waals surface area contributed by atoms with Gasteiger partial charge < -0.3 is 8.92 Å². The zero-order valence-electron chi connectivity index (χ0n) is 15.3. The van der Waals surface area contributed by atoms with E-state index in [9.17, 15) is 8.42 Å². The van der Waals surface area contributed by atoms with Crippen molar-refractivity contribution in [1.82, 2.24) is 0 Å². The Morgan fingerprint density at radius 1 is 0.893 bits per heavy atom. The SMILES string of the molecule is COc1ccc([C@H](CC2=NS(=O)(=O)Oc3ccccc32)c2ccccc2)cc1. The van der Waals surface area contributed by atoms with Gasteiger partial charge in [0.15, 0.2) is 5.75 Å². The fourth-order valence-corrected chi connectivity index (χ4v) is 4.24. The molecule has 1 atom stereocenters. The maximum absolute atomic E-state index is 12.1. The van der Waals surface area contributed by atoms with Crippen LogP contribution in [0.15, 0.2) is 83.3 Å². The highest BCUT2D eigenvalue weighted by Crippen LogP contribution is 2.34. The fourth-order valence-electron chi connectivity index (χ4n) is 3.38. The van der Waals surface area contributed by atoms with Crippen LogP contribution < -0.4 is 8.92 Å². The molecule has 6 heteroatoms. The smallest absolute Gasteiger partial charge is 0.428 e. The second-order valence-electron chi connectivity index (χ2n) is 6.49. The van der Waals surface area contributed by atoms with Crippen molar-refractivity contribution in [3.8, 4) is 11.5 Å². The molecular formula is C22H19NO4S. The van der Waals surface area contributed by atoms with E-state index in [1.54, 1.807) is 19.2 Å². The lowest BCUT2D eigenvalue weighted by Gasteiger charge is -2.22. The van der Waals surface area contributed by atoms with Gasteiger partial charge in [0.05, 0.1) is 12.8 Å². The molecule has 4 rings (SSSR count). The van der Waals surface area contributed by atoms with Crippen LogP contribution in [0.4, 0.5) is 0 Å². The zero-order chi connectivity index (χ0) is 19.6. The number of fused-ring (bicyclic) bond motifs is 1. The highest BCUT2D eigenvalue weighted by Gasteiger charge is 2.27. The topological polar surface area (TPSA) is 65.0 Å². The minimum atomic E-state index is -4.00. The van der Waals surface area contributed by atoms with Crippen molar-refractivity contribution >= 4 is 16.0 Å². The highest BCUT2D eigenvalue weighted by atomic mass is 32.2. The van der Waals surface area contributed by atoms with Crippen LogP contribution in [-0.4, -0.2) is 21.2 Å². The molecule has 3 aromatic carbocycles. The Morgan fingerprint density at radius 3 is 2.25 bits per heavy atom. The lowest BCUT2D eigenvalue weighted by atomic mass is 9.85. The van der Waals surface area contributed by atoms with Gasteiger partial charge in [0.2, 0.25) is 0 Å². The Labute approximate surface area is 164 Å². The number of nitrogens with zero attached hydrogens (tertiary/aromatic N) is 1. The van der Waals surface area contributed by atoms with Gasteiger partial charge in [0.1, 0.15) is 5.75 Å². The summed E-state index contributed by atoms with van der Waals surface area (Å²) in [5.41, 5.74) is 3.33. The van der Waals surface area contributed by atoms with E-state index in [1.807, 2.05) is 66.7 Å². The van der Waals surface area contributed by atoms with Crippen molar-refractivity contribution < 1.29 is 17.3 Å². The lowest BCUT2D eigenvalue weighted by molar-refractivity contribution is 0.414. The molecule has 0 spiro atoms. The molecule has 1 aliphatic heterocycles. The van der Waals surface area contributed by atoms with Crippen molar-refractivity contribution in [1.29, 1.82) is 0 Å². The molecule has 3 aromatic rings. The minimum absolute atomic E-state index is 0.0628. The van der Waals surface area contributed by atoms with Gasteiger partial charge in [-0.2, -0.15) is 8.42 Å².